The van der Waals surface area contributed by atoms with Gasteiger partial charge in [-0.2, -0.15) is 0 Å². The van der Waals surface area contributed by atoms with Gasteiger partial charge < -0.3 is 9.47 Å². The van der Waals surface area contributed by atoms with E-state index in [1.54, 1.807) is 24.3 Å². The first kappa shape index (κ1) is 25.1. The van der Waals surface area contributed by atoms with Crippen LogP contribution in [0.25, 0.3) is 17.1 Å². The van der Waals surface area contributed by atoms with Crippen molar-refractivity contribution in [1.82, 2.24) is 14.8 Å². The van der Waals surface area contributed by atoms with Crippen molar-refractivity contribution < 1.29 is 27.4 Å². The summed E-state index contributed by atoms with van der Waals surface area (Å²) in [6.45, 7) is 4.13. The minimum Gasteiger partial charge on any atom is -0.446 e. The molecule has 7 nitrogen and oxygen atoms in total. The molecule has 1 N–H and O–H groups in total. The third-order valence-electron chi connectivity index (χ3n) is 5.07. The second kappa shape index (κ2) is 11.5. The molecule has 0 spiro atoms. The lowest BCUT2D eigenvalue weighted by atomic mass is 10.1. The first-order valence-corrected chi connectivity index (χ1v) is 11.1. The van der Waals surface area contributed by atoms with Gasteiger partial charge in [0.25, 0.3) is 0 Å². The summed E-state index contributed by atoms with van der Waals surface area (Å²) >= 11 is 0. The Morgan fingerprint density at radius 2 is 1.76 bits per heavy atom. The maximum atomic E-state index is 12.3. The van der Waals surface area contributed by atoms with Crippen molar-refractivity contribution in [2.45, 2.75) is 58.4 Å². The van der Waals surface area contributed by atoms with Gasteiger partial charge in [0.15, 0.2) is 5.82 Å². The first-order chi connectivity index (χ1) is 16.3. The standard InChI is InChI=1S/C24H27F3N4O3/c1-3-5-6-7-20(4-2)33-23(32)29-18-10-8-17(9-11-18)22-28-16-31(30-22)19-12-14-21(15-13-19)34-24(25,26)27/h8-16,20H,3-7H2,1-2H3,(H,29,32). The number of hydrogen-bond donors (Lipinski definition) is 1. The Bertz CT molecular complexity index is 1050. The van der Waals surface area contributed by atoms with Crippen LogP contribution in [0.15, 0.2) is 54.9 Å². The summed E-state index contributed by atoms with van der Waals surface area (Å²) in [5, 5.41) is 7.09. The molecule has 0 aliphatic heterocycles. The molecular formula is C24H27F3N4O3. The lowest BCUT2D eigenvalue weighted by Gasteiger charge is -2.16. The fraction of sp³-hybridized carbons (Fsp3) is 0.375. The molecule has 1 amide bonds. The van der Waals surface area contributed by atoms with Crippen molar-refractivity contribution in [2.24, 2.45) is 0 Å². The van der Waals surface area contributed by atoms with Crippen molar-refractivity contribution in [3.8, 4) is 22.8 Å². The molecule has 3 rings (SSSR count). The van der Waals surface area contributed by atoms with E-state index in [0.29, 0.717) is 22.8 Å². The third kappa shape index (κ3) is 7.50. The lowest BCUT2D eigenvalue weighted by molar-refractivity contribution is -0.274. The van der Waals surface area contributed by atoms with Gasteiger partial charge >= 0.3 is 12.5 Å². The summed E-state index contributed by atoms with van der Waals surface area (Å²) in [5.41, 5.74) is 1.82. The quantitative estimate of drug-likeness (QED) is 0.328. The molecule has 3 aromatic rings. The highest BCUT2D eigenvalue weighted by Gasteiger charge is 2.31. The highest BCUT2D eigenvalue weighted by atomic mass is 19.4. The highest BCUT2D eigenvalue weighted by molar-refractivity contribution is 5.85. The maximum Gasteiger partial charge on any atom is 0.573 e. The molecule has 2 aromatic carbocycles. The fourth-order valence-electron chi connectivity index (χ4n) is 3.29. The Kier molecular flexibility index (Phi) is 8.50. The summed E-state index contributed by atoms with van der Waals surface area (Å²) < 4.78 is 47.7. The van der Waals surface area contributed by atoms with Gasteiger partial charge in [-0.05, 0) is 67.8 Å². The smallest absolute Gasteiger partial charge is 0.446 e. The maximum absolute atomic E-state index is 12.3. The van der Waals surface area contributed by atoms with Gasteiger partial charge in [0.1, 0.15) is 18.2 Å². The fourth-order valence-corrected chi connectivity index (χ4v) is 3.29. The number of anilines is 1. The number of halogens is 3. The molecule has 1 unspecified atom stereocenters. The van der Waals surface area contributed by atoms with Gasteiger partial charge in [-0.25, -0.2) is 14.5 Å². The molecule has 0 aliphatic carbocycles. The zero-order chi connectivity index (χ0) is 24.6. The van der Waals surface area contributed by atoms with Crippen LogP contribution in [-0.4, -0.2) is 33.3 Å². The van der Waals surface area contributed by atoms with E-state index in [1.807, 2.05) is 6.92 Å². The number of amides is 1. The number of nitrogens with one attached hydrogen (secondary N) is 1. The average Bonchev–Trinajstić information content (AvgIpc) is 3.29. The number of nitrogens with zero attached hydrogens (tertiary/aromatic N) is 3. The van der Waals surface area contributed by atoms with Crippen molar-refractivity contribution in [3.05, 3.63) is 54.9 Å². The topological polar surface area (TPSA) is 78.3 Å². The van der Waals surface area contributed by atoms with Crippen LogP contribution in [0.3, 0.4) is 0 Å². The van der Waals surface area contributed by atoms with E-state index in [9.17, 15) is 18.0 Å². The molecule has 1 atom stereocenters. The Labute approximate surface area is 195 Å². The summed E-state index contributed by atoms with van der Waals surface area (Å²) in [7, 11) is 0. The largest absolute Gasteiger partial charge is 0.573 e. The first-order valence-electron chi connectivity index (χ1n) is 11.1. The molecule has 34 heavy (non-hydrogen) atoms. The molecule has 1 aromatic heterocycles. The summed E-state index contributed by atoms with van der Waals surface area (Å²) in [6, 6.07) is 12.3. The van der Waals surface area contributed by atoms with E-state index in [-0.39, 0.29) is 11.9 Å². The minimum absolute atomic E-state index is 0.104. The normalized spacial score (nSPS) is 12.3. The molecule has 0 fully saturated rings. The van der Waals surface area contributed by atoms with Crippen molar-refractivity contribution in [2.75, 3.05) is 5.32 Å². The van der Waals surface area contributed by atoms with Crippen LogP contribution < -0.4 is 10.1 Å². The molecule has 0 radical (unpaired) electrons. The molecule has 0 saturated heterocycles. The highest BCUT2D eigenvalue weighted by Crippen LogP contribution is 2.24. The molecular weight excluding hydrogens is 449 g/mol. The predicted molar refractivity (Wildman–Crippen MR) is 122 cm³/mol. The Balaban J connectivity index is 1.58. The number of aromatic nitrogens is 3. The van der Waals surface area contributed by atoms with Gasteiger partial charge in [0.05, 0.1) is 5.69 Å². The molecule has 1 heterocycles. The van der Waals surface area contributed by atoms with E-state index >= 15 is 0 Å². The Morgan fingerprint density at radius 1 is 1.06 bits per heavy atom. The van der Waals surface area contributed by atoms with Crippen LogP contribution in [0.4, 0.5) is 23.7 Å². The molecule has 0 bridgehead atoms. The van der Waals surface area contributed by atoms with E-state index in [2.05, 4.69) is 27.1 Å². The molecule has 182 valence electrons. The van der Waals surface area contributed by atoms with Crippen LogP contribution in [0.1, 0.15) is 46.0 Å². The Hall–Kier alpha value is -3.56. The third-order valence-corrected chi connectivity index (χ3v) is 5.07. The molecule has 10 heteroatoms. The SMILES string of the molecule is CCCCCC(CC)OC(=O)Nc1ccc(-c2ncn(-c3ccc(OC(F)(F)F)cc3)n2)cc1. The van der Waals surface area contributed by atoms with Crippen LogP contribution in [0.2, 0.25) is 0 Å². The van der Waals surface area contributed by atoms with Gasteiger partial charge in [-0.3, -0.25) is 5.32 Å². The number of carbonyl (C=O) groups is 1. The van der Waals surface area contributed by atoms with E-state index < -0.39 is 12.5 Å². The zero-order valence-electron chi connectivity index (χ0n) is 19.0. The van der Waals surface area contributed by atoms with E-state index in [0.717, 1.165) is 32.1 Å². The van der Waals surface area contributed by atoms with Crippen LogP contribution in [0.5, 0.6) is 5.75 Å². The molecule has 0 saturated carbocycles. The number of ether oxygens (including phenoxy) is 2. The summed E-state index contributed by atoms with van der Waals surface area (Å²) in [4.78, 5) is 16.4. The van der Waals surface area contributed by atoms with E-state index in [1.165, 1.54) is 35.3 Å². The number of carbonyl (C=O) groups excluding carboxylic acids is 1. The zero-order valence-corrected chi connectivity index (χ0v) is 19.0. The van der Waals surface area contributed by atoms with Crippen LogP contribution >= 0.6 is 0 Å². The van der Waals surface area contributed by atoms with Crippen LogP contribution in [0, 0.1) is 0 Å². The van der Waals surface area contributed by atoms with Gasteiger partial charge in [0.2, 0.25) is 0 Å². The monoisotopic (exact) mass is 476 g/mol. The average molecular weight is 476 g/mol. The summed E-state index contributed by atoms with van der Waals surface area (Å²) in [6.07, 6.45) is 1.00. The minimum atomic E-state index is -4.74. The van der Waals surface area contributed by atoms with Crippen molar-refractivity contribution in [1.29, 1.82) is 0 Å². The number of benzene rings is 2. The second-order valence-corrected chi connectivity index (χ2v) is 7.69. The number of rotatable bonds is 10. The van der Waals surface area contributed by atoms with Gasteiger partial charge in [0, 0.05) is 11.3 Å². The van der Waals surface area contributed by atoms with Crippen molar-refractivity contribution in [3.63, 3.8) is 0 Å². The van der Waals surface area contributed by atoms with E-state index in [4.69, 9.17) is 4.74 Å². The number of unbranched alkanes of at least 4 members (excludes halogenated alkanes) is 2. The van der Waals surface area contributed by atoms with Crippen molar-refractivity contribution >= 4 is 11.8 Å². The van der Waals surface area contributed by atoms with Gasteiger partial charge in [-0.15, -0.1) is 18.3 Å². The number of alkyl halides is 3. The number of hydrogen-bond acceptors (Lipinski definition) is 5. The van der Waals surface area contributed by atoms with Crippen LogP contribution in [-0.2, 0) is 4.74 Å². The van der Waals surface area contributed by atoms with Gasteiger partial charge in [-0.1, -0.05) is 26.7 Å². The summed E-state index contributed by atoms with van der Waals surface area (Å²) in [5.74, 6) is 0.108. The second-order valence-electron chi connectivity index (χ2n) is 7.69. The predicted octanol–water partition coefficient (Wildman–Crippen LogP) is 6.74. The lowest BCUT2D eigenvalue weighted by Crippen LogP contribution is -2.22. The Morgan fingerprint density at radius 3 is 2.38 bits per heavy atom. The molecule has 0 aliphatic rings.